The number of rotatable bonds is 6. The molecule has 0 spiro atoms. The van der Waals surface area contributed by atoms with Crippen LogP contribution in [0.2, 0.25) is 0 Å². The highest BCUT2D eigenvalue weighted by Gasteiger charge is 2.06. The first-order chi connectivity index (χ1) is 7.17. The van der Waals surface area contributed by atoms with Crippen LogP contribution in [0.3, 0.4) is 0 Å². The highest BCUT2D eigenvalue weighted by atomic mass is 32.1. The van der Waals surface area contributed by atoms with Gasteiger partial charge in [-0.3, -0.25) is 0 Å². The molecule has 0 saturated heterocycles. The molecule has 1 heterocycles. The number of hydrogen-bond acceptors (Lipinski definition) is 4. The van der Waals surface area contributed by atoms with E-state index in [0.29, 0.717) is 0 Å². The van der Waals surface area contributed by atoms with Gasteiger partial charge in [-0.25, -0.2) is 4.98 Å². The van der Waals surface area contributed by atoms with E-state index in [1.54, 1.807) is 11.3 Å². The van der Waals surface area contributed by atoms with Crippen molar-refractivity contribution in [3.63, 3.8) is 0 Å². The fraction of sp³-hybridized carbons (Fsp3) is 0.727. The predicted octanol–water partition coefficient (Wildman–Crippen LogP) is 2.05. The minimum Gasteiger partial charge on any atom is -0.323 e. The Labute approximate surface area is 96.3 Å². The SMILES string of the molecule is CCN(CC)CCc1nc(C(C)N)cs1. The summed E-state index contributed by atoms with van der Waals surface area (Å²) in [5.74, 6) is 0. The maximum absolute atomic E-state index is 5.77. The summed E-state index contributed by atoms with van der Waals surface area (Å²) in [5, 5.41) is 3.27. The Kier molecular flexibility index (Phi) is 5.22. The van der Waals surface area contributed by atoms with E-state index in [4.69, 9.17) is 5.73 Å². The van der Waals surface area contributed by atoms with E-state index in [0.717, 1.165) is 31.7 Å². The molecule has 15 heavy (non-hydrogen) atoms. The van der Waals surface area contributed by atoms with Crippen molar-refractivity contribution >= 4 is 11.3 Å². The molecule has 1 atom stereocenters. The molecule has 0 radical (unpaired) electrons. The van der Waals surface area contributed by atoms with Gasteiger partial charge in [-0.05, 0) is 20.0 Å². The molecule has 0 saturated carbocycles. The van der Waals surface area contributed by atoms with Gasteiger partial charge in [-0.1, -0.05) is 13.8 Å². The second-order valence-electron chi connectivity index (χ2n) is 3.73. The average molecular weight is 227 g/mol. The van der Waals surface area contributed by atoms with Crippen LogP contribution in [0.15, 0.2) is 5.38 Å². The maximum atomic E-state index is 5.77. The summed E-state index contributed by atoms with van der Waals surface area (Å²) < 4.78 is 0. The van der Waals surface area contributed by atoms with Crippen molar-refractivity contribution < 1.29 is 0 Å². The van der Waals surface area contributed by atoms with E-state index in [9.17, 15) is 0 Å². The zero-order valence-electron chi connectivity index (χ0n) is 9.86. The van der Waals surface area contributed by atoms with Crippen LogP contribution in [0.25, 0.3) is 0 Å². The minimum absolute atomic E-state index is 0.0588. The lowest BCUT2D eigenvalue weighted by Crippen LogP contribution is -2.25. The molecule has 0 bridgehead atoms. The highest BCUT2D eigenvalue weighted by Crippen LogP contribution is 2.15. The second kappa shape index (κ2) is 6.20. The van der Waals surface area contributed by atoms with Gasteiger partial charge in [0.1, 0.15) is 0 Å². The van der Waals surface area contributed by atoms with Gasteiger partial charge < -0.3 is 10.6 Å². The van der Waals surface area contributed by atoms with Gasteiger partial charge in [-0.15, -0.1) is 11.3 Å². The number of hydrogen-bond donors (Lipinski definition) is 1. The van der Waals surface area contributed by atoms with Gasteiger partial charge in [0.15, 0.2) is 0 Å². The second-order valence-corrected chi connectivity index (χ2v) is 4.67. The van der Waals surface area contributed by atoms with Gasteiger partial charge in [0.05, 0.1) is 10.7 Å². The van der Waals surface area contributed by atoms with E-state index >= 15 is 0 Å². The molecule has 0 fully saturated rings. The van der Waals surface area contributed by atoms with Crippen molar-refractivity contribution in [1.82, 2.24) is 9.88 Å². The number of nitrogens with two attached hydrogens (primary N) is 1. The Hall–Kier alpha value is -0.450. The monoisotopic (exact) mass is 227 g/mol. The minimum atomic E-state index is 0.0588. The molecule has 1 aromatic rings. The smallest absolute Gasteiger partial charge is 0.0941 e. The Morgan fingerprint density at radius 1 is 1.47 bits per heavy atom. The molecule has 4 heteroatoms. The molecule has 86 valence electrons. The molecule has 0 aliphatic rings. The normalized spacial score (nSPS) is 13.4. The average Bonchev–Trinajstić information content (AvgIpc) is 2.68. The molecule has 0 aliphatic carbocycles. The Bertz CT molecular complexity index is 279. The third-order valence-electron chi connectivity index (χ3n) is 2.57. The zero-order valence-corrected chi connectivity index (χ0v) is 10.7. The molecule has 0 aliphatic heterocycles. The van der Waals surface area contributed by atoms with Crippen molar-refractivity contribution in [3.8, 4) is 0 Å². The lowest BCUT2D eigenvalue weighted by Gasteiger charge is -2.16. The van der Waals surface area contributed by atoms with Crippen molar-refractivity contribution in [3.05, 3.63) is 16.1 Å². The Morgan fingerprint density at radius 3 is 2.60 bits per heavy atom. The molecule has 3 nitrogen and oxygen atoms in total. The summed E-state index contributed by atoms with van der Waals surface area (Å²) in [4.78, 5) is 6.93. The lowest BCUT2D eigenvalue weighted by atomic mass is 10.3. The lowest BCUT2D eigenvalue weighted by molar-refractivity contribution is 0.308. The Morgan fingerprint density at radius 2 is 2.13 bits per heavy atom. The van der Waals surface area contributed by atoms with Crippen molar-refractivity contribution in [2.75, 3.05) is 19.6 Å². The molecule has 1 unspecified atom stereocenters. The van der Waals surface area contributed by atoms with Crippen LogP contribution in [0.5, 0.6) is 0 Å². The molecule has 1 rings (SSSR count). The highest BCUT2D eigenvalue weighted by molar-refractivity contribution is 7.09. The molecular formula is C11H21N3S. The van der Waals surface area contributed by atoms with Crippen LogP contribution in [-0.4, -0.2) is 29.5 Å². The van der Waals surface area contributed by atoms with E-state index in [1.165, 1.54) is 5.01 Å². The Balaban J connectivity index is 2.43. The third-order valence-corrected chi connectivity index (χ3v) is 3.50. The summed E-state index contributed by atoms with van der Waals surface area (Å²) in [6.07, 6.45) is 1.04. The van der Waals surface area contributed by atoms with Gasteiger partial charge >= 0.3 is 0 Å². The van der Waals surface area contributed by atoms with Gasteiger partial charge in [-0.2, -0.15) is 0 Å². The van der Waals surface area contributed by atoms with Gasteiger partial charge in [0, 0.05) is 24.4 Å². The van der Waals surface area contributed by atoms with E-state index in [2.05, 4.69) is 29.1 Å². The summed E-state index contributed by atoms with van der Waals surface area (Å²) >= 11 is 1.72. The van der Waals surface area contributed by atoms with Crippen molar-refractivity contribution in [2.45, 2.75) is 33.2 Å². The third kappa shape index (κ3) is 3.89. The van der Waals surface area contributed by atoms with E-state index in [1.807, 2.05) is 6.92 Å². The van der Waals surface area contributed by atoms with Gasteiger partial charge in [0.25, 0.3) is 0 Å². The fourth-order valence-electron chi connectivity index (χ4n) is 1.44. The fourth-order valence-corrected chi connectivity index (χ4v) is 2.33. The van der Waals surface area contributed by atoms with E-state index in [-0.39, 0.29) is 6.04 Å². The quantitative estimate of drug-likeness (QED) is 0.808. The van der Waals surface area contributed by atoms with Crippen LogP contribution < -0.4 is 5.73 Å². The van der Waals surface area contributed by atoms with E-state index < -0.39 is 0 Å². The van der Waals surface area contributed by atoms with Crippen LogP contribution in [-0.2, 0) is 6.42 Å². The topological polar surface area (TPSA) is 42.2 Å². The molecule has 2 N–H and O–H groups in total. The first kappa shape index (κ1) is 12.6. The largest absolute Gasteiger partial charge is 0.323 e. The first-order valence-corrected chi connectivity index (χ1v) is 6.47. The maximum Gasteiger partial charge on any atom is 0.0941 e. The van der Waals surface area contributed by atoms with Crippen LogP contribution in [0.1, 0.15) is 37.5 Å². The molecular weight excluding hydrogens is 206 g/mol. The van der Waals surface area contributed by atoms with Crippen molar-refractivity contribution in [1.29, 1.82) is 0 Å². The summed E-state index contributed by atoms with van der Waals surface area (Å²) in [7, 11) is 0. The number of thiazole rings is 1. The van der Waals surface area contributed by atoms with Gasteiger partial charge in [0.2, 0.25) is 0 Å². The summed E-state index contributed by atoms with van der Waals surface area (Å²) in [5.41, 5.74) is 6.79. The molecule has 0 amide bonds. The zero-order chi connectivity index (χ0) is 11.3. The van der Waals surface area contributed by atoms with Crippen LogP contribution in [0, 0.1) is 0 Å². The summed E-state index contributed by atoms with van der Waals surface area (Å²) in [6.45, 7) is 9.68. The van der Waals surface area contributed by atoms with Crippen LogP contribution >= 0.6 is 11.3 Å². The number of aromatic nitrogens is 1. The first-order valence-electron chi connectivity index (χ1n) is 5.59. The standard InChI is InChI=1S/C11H21N3S/c1-4-14(5-2)7-6-11-13-10(8-15-11)9(3)12/h8-9H,4-7,12H2,1-3H3. The number of likely N-dealkylation sites (N-methyl/N-ethyl adjacent to an activating group) is 1. The molecule has 1 aromatic heterocycles. The predicted molar refractivity (Wildman–Crippen MR) is 66.2 cm³/mol. The summed E-state index contributed by atoms with van der Waals surface area (Å²) in [6, 6.07) is 0.0588. The molecule has 0 aromatic carbocycles. The number of nitrogens with zero attached hydrogens (tertiary/aromatic N) is 2. The van der Waals surface area contributed by atoms with Crippen molar-refractivity contribution in [2.24, 2.45) is 5.73 Å². The van der Waals surface area contributed by atoms with Crippen LogP contribution in [0.4, 0.5) is 0 Å².